The van der Waals surface area contributed by atoms with Gasteiger partial charge in [0, 0.05) is 13.5 Å². The summed E-state index contributed by atoms with van der Waals surface area (Å²) in [4.78, 5) is 12.5. The van der Waals surface area contributed by atoms with E-state index in [1.807, 2.05) is 0 Å². The molecule has 18 heavy (non-hydrogen) atoms. The Balaban J connectivity index is 2.56. The number of benzene rings is 1. The summed E-state index contributed by atoms with van der Waals surface area (Å²) in [5.74, 6) is -0.144. The molecular formula is C12H15F3N2O. The summed E-state index contributed by atoms with van der Waals surface area (Å²) in [6, 6.07) is 4.99. The number of hydrogen-bond donors (Lipinski definition) is 1. The van der Waals surface area contributed by atoms with Crippen molar-refractivity contribution in [2.75, 3.05) is 13.7 Å². The molecule has 0 aliphatic rings. The van der Waals surface area contributed by atoms with Gasteiger partial charge in [0.1, 0.15) is 0 Å². The van der Waals surface area contributed by atoms with Gasteiger partial charge in [-0.05, 0) is 24.7 Å². The summed E-state index contributed by atoms with van der Waals surface area (Å²) in [5.41, 5.74) is 0.103. The van der Waals surface area contributed by atoms with E-state index >= 15 is 0 Å². The van der Waals surface area contributed by atoms with Crippen LogP contribution in [0.2, 0.25) is 0 Å². The van der Waals surface area contributed by atoms with E-state index in [0.29, 0.717) is 13.2 Å². The van der Waals surface area contributed by atoms with E-state index in [-0.39, 0.29) is 5.91 Å². The van der Waals surface area contributed by atoms with Gasteiger partial charge in [0.15, 0.2) is 0 Å². The Morgan fingerprint density at radius 1 is 1.28 bits per heavy atom. The molecule has 0 aliphatic heterocycles. The average molecular weight is 260 g/mol. The second kappa shape index (κ2) is 5.86. The van der Waals surface area contributed by atoms with Crippen molar-refractivity contribution >= 4 is 5.91 Å². The molecule has 0 heterocycles. The maximum absolute atomic E-state index is 12.3. The Morgan fingerprint density at radius 3 is 2.28 bits per heavy atom. The lowest BCUT2D eigenvalue weighted by Gasteiger charge is -2.17. The minimum atomic E-state index is -4.30. The largest absolute Gasteiger partial charge is 0.416 e. The molecule has 0 fully saturated rings. The molecule has 3 nitrogen and oxygen atoms in total. The summed E-state index contributed by atoms with van der Waals surface area (Å²) in [6.45, 7) is 2.24. The quantitative estimate of drug-likeness (QED) is 0.842. The van der Waals surface area contributed by atoms with Crippen LogP contribution in [0.5, 0.6) is 0 Å². The molecule has 0 aromatic heterocycles. The Labute approximate surface area is 104 Å². The van der Waals surface area contributed by atoms with E-state index in [0.717, 1.165) is 17.7 Å². The lowest BCUT2D eigenvalue weighted by atomic mass is 10.1. The molecule has 1 N–H and O–H groups in total. The number of carbonyl (C=O) groups is 1. The zero-order valence-electron chi connectivity index (χ0n) is 10.2. The molecule has 0 saturated carbocycles. The van der Waals surface area contributed by atoms with Crippen molar-refractivity contribution < 1.29 is 18.0 Å². The number of hydrogen-bond acceptors (Lipinski definition) is 2. The fourth-order valence-corrected chi connectivity index (χ4v) is 1.41. The number of amides is 1. The summed E-state index contributed by atoms with van der Waals surface area (Å²) in [5, 5.41) is 2.61. The van der Waals surface area contributed by atoms with Crippen LogP contribution in [0.25, 0.3) is 0 Å². The van der Waals surface area contributed by atoms with Crippen LogP contribution < -0.4 is 5.32 Å². The predicted octanol–water partition coefficient (Wildman–Crippen LogP) is 2.23. The fourth-order valence-electron chi connectivity index (χ4n) is 1.41. The number of nitrogens with one attached hydrogen (secondary N) is 1. The van der Waals surface area contributed by atoms with Gasteiger partial charge in [-0.2, -0.15) is 13.2 Å². The first-order chi connectivity index (χ1) is 8.29. The molecule has 0 atom stereocenters. The maximum atomic E-state index is 12.3. The standard InChI is InChI=1S/C12H15F3N2O/c1-9(18)16-8-17(2)7-10-3-5-11(6-4-10)12(13,14)15/h3-6H,7-8H2,1-2H3,(H,16,18). The summed E-state index contributed by atoms with van der Waals surface area (Å²) in [7, 11) is 1.77. The number of halogens is 3. The highest BCUT2D eigenvalue weighted by Gasteiger charge is 2.29. The van der Waals surface area contributed by atoms with Crippen LogP contribution in [-0.4, -0.2) is 24.5 Å². The molecule has 100 valence electrons. The topological polar surface area (TPSA) is 32.3 Å². The molecule has 0 saturated heterocycles. The zero-order chi connectivity index (χ0) is 13.8. The monoisotopic (exact) mass is 260 g/mol. The normalized spacial score (nSPS) is 11.7. The van der Waals surface area contributed by atoms with Crippen LogP contribution in [0.4, 0.5) is 13.2 Å². The van der Waals surface area contributed by atoms with Crippen LogP contribution in [0.3, 0.4) is 0 Å². The highest BCUT2D eigenvalue weighted by Crippen LogP contribution is 2.29. The molecule has 1 aromatic carbocycles. The van der Waals surface area contributed by atoms with Crippen LogP contribution in [0.15, 0.2) is 24.3 Å². The molecule has 0 aliphatic carbocycles. The lowest BCUT2D eigenvalue weighted by molar-refractivity contribution is -0.137. The fraction of sp³-hybridized carbons (Fsp3) is 0.417. The highest BCUT2D eigenvalue weighted by atomic mass is 19.4. The third kappa shape index (κ3) is 4.75. The molecule has 0 unspecified atom stereocenters. The van der Waals surface area contributed by atoms with Gasteiger partial charge in [0.05, 0.1) is 12.2 Å². The van der Waals surface area contributed by atoms with Gasteiger partial charge in [-0.15, -0.1) is 0 Å². The van der Waals surface area contributed by atoms with Crippen molar-refractivity contribution in [3.05, 3.63) is 35.4 Å². The first-order valence-corrected chi connectivity index (χ1v) is 5.38. The smallest absolute Gasteiger partial charge is 0.344 e. The van der Waals surface area contributed by atoms with Crippen molar-refractivity contribution in [3.8, 4) is 0 Å². The first kappa shape index (κ1) is 14.5. The third-order valence-corrected chi connectivity index (χ3v) is 2.33. The van der Waals surface area contributed by atoms with Crippen molar-refractivity contribution in [1.82, 2.24) is 10.2 Å². The van der Waals surface area contributed by atoms with Gasteiger partial charge in [-0.25, -0.2) is 0 Å². The van der Waals surface area contributed by atoms with Gasteiger partial charge in [-0.3, -0.25) is 9.69 Å². The van der Waals surface area contributed by atoms with E-state index in [4.69, 9.17) is 0 Å². The summed E-state index contributed by atoms with van der Waals surface area (Å²) in [6.07, 6.45) is -4.30. The van der Waals surface area contributed by atoms with Crippen LogP contribution in [0, 0.1) is 0 Å². The Kier molecular flexibility index (Phi) is 4.72. The molecule has 0 radical (unpaired) electrons. The minimum absolute atomic E-state index is 0.144. The van der Waals surface area contributed by atoms with Gasteiger partial charge in [-0.1, -0.05) is 12.1 Å². The van der Waals surface area contributed by atoms with Gasteiger partial charge in [0.25, 0.3) is 0 Å². The SMILES string of the molecule is CC(=O)NCN(C)Cc1ccc(C(F)(F)F)cc1. The number of rotatable bonds is 4. The predicted molar refractivity (Wildman–Crippen MR) is 61.6 cm³/mol. The minimum Gasteiger partial charge on any atom is -0.344 e. The molecule has 0 spiro atoms. The molecule has 6 heteroatoms. The summed E-state index contributed by atoms with van der Waals surface area (Å²) < 4.78 is 37.0. The maximum Gasteiger partial charge on any atom is 0.416 e. The Morgan fingerprint density at radius 2 is 1.83 bits per heavy atom. The number of nitrogens with zero attached hydrogens (tertiary/aromatic N) is 1. The van der Waals surface area contributed by atoms with Gasteiger partial charge >= 0.3 is 6.18 Å². The van der Waals surface area contributed by atoms with Gasteiger partial charge in [0.2, 0.25) is 5.91 Å². The molecule has 0 bridgehead atoms. The zero-order valence-corrected chi connectivity index (χ0v) is 10.2. The highest BCUT2D eigenvalue weighted by molar-refractivity contribution is 5.72. The van der Waals surface area contributed by atoms with E-state index in [2.05, 4.69) is 5.32 Å². The Bertz CT molecular complexity index is 401. The van der Waals surface area contributed by atoms with Crippen molar-refractivity contribution in [2.45, 2.75) is 19.6 Å². The van der Waals surface area contributed by atoms with E-state index < -0.39 is 11.7 Å². The second-order valence-corrected chi connectivity index (χ2v) is 4.10. The number of alkyl halides is 3. The van der Waals surface area contributed by atoms with Crippen LogP contribution in [0.1, 0.15) is 18.1 Å². The van der Waals surface area contributed by atoms with E-state index in [1.54, 1.807) is 11.9 Å². The molecular weight excluding hydrogens is 245 g/mol. The summed E-state index contributed by atoms with van der Waals surface area (Å²) >= 11 is 0. The average Bonchev–Trinajstić information content (AvgIpc) is 2.26. The molecule has 1 aromatic rings. The lowest BCUT2D eigenvalue weighted by Crippen LogP contribution is -2.33. The first-order valence-electron chi connectivity index (χ1n) is 5.38. The van der Waals surface area contributed by atoms with E-state index in [1.165, 1.54) is 19.1 Å². The van der Waals surface area contributed by atoms with Crippen molar-refractivity contribution in [3.63, 3.8) is 0 Å². The second-order valence-electron chi connectivity index (χ2n) is 4.10. The molecule has 1 amide bonds. The van der Waals surface area contributed by atoms with Crippen molar-refractivity contribution in [2.24, 2.45) is 0 Å². The van der Waals surface area contributed by atoms with Crippen LogP contribution >= 0.6 is 0 Å². The molecule has 1 rings (SSSR count). The number of carbonyl (C=O) groups excluding carboxylic acids is 1. The third-order valence-electron chi connectivity index (χ3n) is 2.33. The van der Waals surface area contributed by atoms with Crippen molar-refractivity contribution in [1.29, 1.82) is 0 Å². The van der Waals surface area contributed by atoms with Crippen LogP contribution in [-0.2, 0) is 17.5 Å². The van der Waals surface area contributed by atoms with E-state index in [9.17, 15) is 18.0 Å². The van der Waals surface area contributed by atoms with Gasteiger partial charge < -0.3 is 5.32 Å². The Hall–Kier alpha value is -1.56.